The Morgan fingerprint density at radius 3 is 1.74 bits per heavy atom. The Labute approximate surface area is 229 Å². The average Bonchev–Trinajstić information content (AvgIpc) is 3.35. The van der Waals surface area contributed by atoms with Crippen LogP contribution in [-0.4, -0.2) is 40.7 Å². The molecule has 0 aromatic heterocycles. The lowest BCUT2D eigenvalue weighted by Crippen LogP contribution is -2.18. The quantitative estimate of drug-likeness (QED) is 0.269. The normalized spacial score (nSPS) is 18.7. The van der Waals surface area contributed by atoms with E-state index in [9.17, 15) is 5.11 Å². The Hall–Kier alpha value is -4.16. The van der Waals surface area contributed by atoms with Crippen molar-refractivity contribution in [2.24, 2.45) is 0 Å². The third kappa shape index (κ3) is 4.88. The van der Waals surface area contributed by atoms with Crippen molar-refractivity contribution in [3.05, 3.63) is 113 Å². The third-order valence-corrected chi connectivity index (χ3v) is 7.73. The molecule has 202 valence electrons. The Balaban J connectivity index is 1.80. The monoisotopic (exact) mass is 526 g/mol. The average molecular weight is 527 g/mol. The minimum absolute atomic E-state index is 0.114. The minimum Gasteiger partial charge on any atom is -0.497 e. The number of rotatable bonds is 9. The summed E-state index contributed by atoms with van der Waals surface area (Å²) in [6.45, 7) is 0. The number of ether oxygens (including phenoxy) is 5. The SMILES string of the molecule is COc1ccc(C(O)C2c3cc(OC)cc(OC)c3[C@@H](c3ccccc3)[C@@H]2c2cc(OC)cc(OC)c2)cc1. The summed E-state index contributed by atoms with van der Waals surface area (Å²) in [5.41, 5.74) is 4.93. The van der Waals surface area contributed by atoms with Crippen LogP contribution in [0.5, 0.6) is 28.7 Å². The molecule has 0 amide bonds. The standard InChI is InChI=1S/C33H34O6/c1-35-23-13-11-21(12-14-23)33(34)32-27-18-26(38-4)19-28(39-5)31(27)29(20-9-7-6-8-10-20)30(32)22-15-24(36-2)17-25(16-22)37-3/h6-19,29-30,32-34H,1-5H3/t29-,30-,32?,33?/m0/s1. The number of hydrogen-bond donors (Lipinski definition) is 1. The van der Waals surface area contributed by atoms with Gasteiger partial charge in [0.25, 0.3) is 0 Å². The van der Waals surface area contributed by atoms with Crippen LogP contribution in [0, 0.1) is 0 Å². The van der Waals surface area contributed by atoms with E-state index in [0.717, 1.165) is 39.3 Å². The van der Waals surface area contributed by atoms with E-state index in [1.807, 2.05) is 72.8 Å². The van der Waals surface area contributed by atoms with Gasteiger partial charge in [0.1, 0.15) is 28.7 Å². The van der Waals surface area contributed by atoms with Crippen LogP contribution in [-0.2, 0) is 0 Å². The topological polar surface area (TPSA) is 66.4 Å². The highest BCUT2D eigenvalue weighted by atomic mass is 16.5. The van der Waals surface area contributed by atoms with Crippen molar-refractivity contribution in [3.8, 4) is 28.7 Å². The third-order valence-electron chi connectivity index (χ3n) is 7.73. The van der Waals surface area contributed by atoms with Gasteiger partial charge in [-0.3, -0.25) is 0 Å². The molecule has 0 fully saturated rings. The Morgan fingerprint density at radius 1 is 0.590 bits per heavy atom. The fourth-order valence-electron chi connectivity index (χ4n) is 5.93. The lowest BCUT2D eigenvalue weighted by Gasteiger charge is -2.30. The zero-order valence-electron chi connectivity index (χ0n) is 22.9. The molecule has 0 saturated carbocycles. The van der Waals surface area contributed by atoms with E-state index >= 15 is 0 Å². The number of fused-ring (bicyclic) bond motifs is 1. The van der Waals surface area contributed by atoms with Crippen LogP contribution < -0.4 is 23.7 Å². The summed E-state index contributed by atoms with van der Waals surface area (Å²) in [6, 6.07) is 27.8. The van der Waals surface area contributed by atoms with Gasteiger partial charge in [0.2, 0.25) is 0 Å². The maximum Gasteiger partial charge on any atom is 0.126 e. The largest absolute Gasteiger partial charge is 0.497 e. The molecule has 1 aliphatic rings. The second kappa shape index (κ2) is 11.3. The van der Waals surface area contributed by atoms with Gasteiger partial charge in [-0.15, -0.1) is 0 Å². The summed E-state index contributed by atoms with van der Waals surface area (Å²) in [7, 11) is 8.24. The van der Waals surface area contributed by atoms with E-state index in [1.54, 1.807) is 35.5 Å². The highest BCUT2D eigenvalue weighted by molar-refractivity contribution is 5.61. The summed E-state index contributed by atoms with van der Waals surface area (Å²) < 4.78 is 28.3. The first kappa shape index (κ1) is 26.4. The molecular formula is C33H34O6. The predicted octanol–water partition coefficient (Wildman–Crippen LogP) is 6.48. The van der Waals surface area contributed by atoms with Crippen molar-refractivity contribution in [3.63, 3.8) is 0 Å². The predicted molar refractivity (Wildman–Crippen MR) is 151 cm³/mol. The molecule has 6 heteroatoms. The number of benzene rings is 4. The molecule has 4 atom stereocenters. The van der Waals surface area contributed by atoms with E-state index in [2.05, 4.69) is 12.1 Å². The van der Waals surface area contributed by atoms with Crippen LogP contribution in [0.2, 0.25) is 0 Å². The Kier molecular flexibility index (Phi) is 7.66. The number of methoxy groups -OCH3 is 5. The van der Waals surface area contributed by atoms with Crippen molar-refractivity contribution in [2.45, 2.75) is 23.9 Å². The first-order valence-electron chi connectivity index (χ1n) is 12.9. The van der Waals surface area contributed by atoms with Crippen LogP contribution in [0.4, 0.5) is 0 Å². The van der Waals surface area contributed by atoms with Gasteiger partial charge in [-0.2, -0.15) is 0 Å². The van der Waals surface area contributed by atoms with Crippen LogP contribution in [0.25, 0.3) is 0 Å². The van der Waals surface area contributed by atoms with Crippen molar-refractivity contribution in [2.75, 3.05) is 35.5 Å². The lowest BCUT2D eigenvalue weighted by atomic mass is 9.75. The van der Waals surface area contributed by atoms with Crippen molar-refractivity contribution in [1.29, 1.82) is 0 Å². The minimum atomic E-state index is -0.831. The smallest absolute Gasteiger partial charge is 0.126 e. The number of hydrogen-bond acceptors (Lipinski definition) is 6. The molecule has 39 heavy (non-hydrogen) atoms. The van der Waals surface area contributed by atoms with Crippen LogP contribution in [0.15, 0.2) is 84.9 Å². The maximum absolute atomic E-state index is 12.1. The highest BCUT2D eigenvalue weighted by Crippen LogP contribution is 2.62. The fraction of sp³-hybridized carbons (Fsp3) is 0.273. The van der Waals surface area contributed by atoms with Gasteiger partial charge in [-0.05, 0) is 52.6 Å². The van der Waals surface area contributed by atoms with Crippen molar-refractivity contribution < 1.29 is 28.8 Å². The summed E-state index contributed by atoms with van der Waals surface area (Å²) in [5, 5.41) is 12.1. The molecule has 6 nitrogen and oxygen atoms in total. The molecule has 0 spiro atoms. The van der Waals surface area contributed by atoms with Gasteiger partial charge in [-0.1, -0.05) is 42.5 Å². The summed E-state index contributed by atoms with van der Waals surface area (Å²) >= 11 is 0. The van der Waals surface area contributed by atoms with E-state index < -0.39 is 6.10 Å². The summed E-state index contributed by atoms with van der Waals surface area (Å²) in [6.07, 6.45) is -0.831. The molecule has 5 rings (SSSR count). The zero-order chi connectivity index (χ0) is 27.5. The van der Waals surface area contributed by atoms with Crippen LogP contribution >= 0.6 is 0 Å². The Morgan fingerprint density at radius 2 is 1.18 bits per heavy atom. The first-order chi connectivity index (χ1) is 19.0. The molecule has 0 saturated heterocycles. The second-order valence-electron chi connectivity index (χ2n) is 9.64. The lowest BCUT2D eigenvalue weighted by molar-refractivity contribution is 0.134. The van der Waals surface area contributed by atoms with Gasteiger partial charge >= 0.3 is 0 Å². The van der Waals surface area contributed by atoms with Gasteiger partial charge < -0.3 is 28.8 Å². The molecule has 0 bridgehead atoms. The van der Waals surface area contributed by atoms with Gasteiger partial charge in [-0.25, -0.2) is 0 Å². The highest BCUT2D eigenvalue weighted by Gasteiger charge is 2.48. The molecule has 0 radical (unpaired) electrons. The first-order valence-corrected chi connectivity index (χ1v) is 12.9. The summed E-state index contributed by atoms with van der Waals surface area (Å²) in [4.78, 5) is 0. The molecule has 2 unspecified atom stereocenters. The van der Waals surface area contributed by atoms with E-state index in [4.69, 9.17) is 23.7 Å². The number of aliphatic hydroxyl groups is 1. The summed E-state index contributed by atoms with van der Waals surface area (Å²) in [5.74, 6) is 2.89. The van der Waals surface area contributed by atoms with E-state index in [1.165, 1.54) is 0 Å². The number of aliphatic hydroxyl groups excluding tert-OH is 1. The fourth-order valence-corrected chi connectivity index (χ4v) is 5.93. The molecule has 4 aromatic rings. The molecule has 0 aliphatic heterocycles. The van der Waals surface area contributed by atoms with Gasteiger partial charge in [0.05, 0.1) is 41.7 Å². The molecule has 1 N–H and O–H groups in total. The van der Waals surface area contributed by atoms with E-state index in [-0.39, 0.29) is 17.8 Å². The van der Waals surface area contributed by atoms with E-state index in [0.29, 0.717) is 17.2 Å². The molecule has 4 aromatic carbocycles. The van der Waals surface area contributed by atoms with Gasteiger partial charge in [0, 0.05) is 35.4 Å². The second-order valence-corrected chi connectivity index (χ2v) is 9.64. The molecular weight excluding hydrogens is 492 g/mol. The zero-order valence-corrected chi connectivity index (χ0v) is 22.9. The van der Waals surface area contributed by atoms with Crippen LogP contribution in [0.3, 0.4) is 0 Å². The molecule has 0 heterocycles. The van der Waals surface area contributed by atoms with Crippen molar-refractivity contribution in [1.82, 2.24) is 0 Å². The van der Waals surface area contributed by atoms with Gasteiger partial charge in [0.15, 0.2) is 0 Å². The Bertz CT molecular complexity index is 1390. The molecule has 1 aliphatic carbocycles. The maximum atomic E-state index is 12.1. The van der Waals surface area contributed by atoms with Crippen LogP contribution in [0.1, 0.15) is 51.7 Å². The van der Waals surface area contributed by atoms with Crippen molar-refractivity contribution >= 4 is 0 Å².